The molecule has 4 rings (SSSR count). The van der Waals surface area contributed by atoms with Crippen LogP contribution in [0.1, 0.15) is 16.7 Å². The van der Waals surface area contributed by atoms with Crippen molar-refractivity contribution in [2.24, 2.45) is 0 Å². The van der Waals surface area contributed by atoms with Crippen molar-refractivity contribution in [3.05, 3.63) is 106 Å². The van der Waals surface area contributed by atoms with Crippen LogP contribution in [0.2, 0.25) is 0 Å². The minimum absolute atomic E-state index is 0.0249. The fraction of sp³-hybridized carbons (Fsp3) is 0.0952. The fourth-order valence-electron chi connectivity index (χ4n) is 3.51. The van der Waals surface area contributed by atoms with E-state index >= 15 is 0 Å². The van der Waals surface area contributed by atoms with Crippen LogP contribution in [0.15, 0.2) is 78.9 Å². The molecule has 5 nitrogen and oxygen atoms in total. The molecule has 128 valence electrons. The van der Waals surface area contributed by atoms with Gasteiger partial charge in [0.2, 0.25) is 0 Å². The molecule has 0 aliphatic carbocycles. The van der Waals surface area contributed by atoms with Gasteiger partial charge < -0.3 is 4.74 Å². The average Bonchev–Trinajstić information content (AvgIpc) is 2.95. The molecule has 1 aliphatic heterocycles. The van der Waals surface area contributed by atoms with Crippen molar-refractivity contribution in [2.45, 2.75) is 11.8 Å². The summed E-state index contributed by atoms with van der Waals surface area (Å²) in [6.07, 6.45) is 0.366. The lowest BCUT2D eigenvalue weighted by molar-refractivity contribution is -0.384. The van der Waals surface area contributed by atoms with Crippen molar-refractivity contribution in [3.63, 3.8) is 0 Å². The van der Waals surface area contributed by atoms with E-state index in [9.17, 15) is 14.9 Å². The van der Waals surface area contributed by atoms with Gasteiger partial charge in [-0.05, 0) is 23.6 Å². The molecule has 1 heterocycles. The molecule has 5 heteroatoms. The van der Waals surface area contributed by atoms with Gasteiger partial charge >= 0.3 is 5.97 Å². The number of hydrogen-bond donors (Lipinski definition) is 0. The zero-order valence-electron chi connectivity index (χ0n) is 13.8. The summed E-state index contributed by atoms with van der Waals surface area (Å²) < 4.78 is 5.56. The van der Waals surface area contributed by atoms with Crippen molar-refractivity contribution < 1.29 is 14.5 Å². The Labute approximate surface area is 150 Å². The molecule has 0 fully saturated rings. The Balaban J connectivity index is 1.85. The molecule has 0 bridgehead atoms. The molecule has 26 heavy (non-hydrogen) atoms. The van der Waals surface area contributed by atoms with Crippen molar-refractivity contribution in [1.29, 1.82) is 0 Å². The largest absolute Gasteiger partial charge is 0.425 e. The molecule has 1 aliphatic rings. The van der Waals surface area contributed by atoms with Gasteiger partial charge in [-0.3, -0.25) is 14.9 Å². The van der Waals surface area contributed by atoms with Gasteiger partial charge in [0.1, 0.15) is 11.2 Å². The molecule has 0 aromatic heterocycles. The van der Waals surface area contributed by atoms with E-state index in [0.29, 0.717) is 12.2 Å². The third-order valence-corrected chi connectivity index (χ3v) is 4.78. The van der Waals surface area contributed by atoms with E-state index in [1.54, 1.807) is 18.2 Å². The number of fused-ring (bicyclic) bond motifs is 1. The highest BCUT2D eigenvalue weighted by atomic mass is 16.6. The summed E-state index contributed by atoms with van der Waals surface area (Å²) in [5.41, 5.74) is 1.54. The lowest BCUT2D eigenvalue weighted by Crippen LogP contribution is -2.37. The molecular formula is C21H15NO4. The number of carbonyl (C=O) groups is 1. The molecule has 0 spiro atoms. The zero-order chi connectivity index (χ0) is 18.1. The first kappa shape index (κ1) is 16.0. The lowest BCUT2D eigenvalue weighted by Gasteiger charge is -2.27. The van der Waals surface area contributed by atoms with Crippen LogP contribution in [0.3, 0.4) is 0 Å². The number of non-ortho nitro benzene ring substituents is 1. The first-order valence-corrected chi connectivity index (χ1v) is 8.22. The second-order valence-electron chi connectivity index (χ2n) is 6.26. The highest BCUT2D eigenvalue weighted by Gasteiger charge is 2.50. The van der Waals surface area contributed by atoms with Crippen LogP contribution >= 0.6 is 0 Å². The van der Waals surface area contributed by atoms with E-state index < -0.39 is 10.3 Å². The van der Waals surface area contributed by atoms with Gasteiger partial charge in [0.25, 0.3) is 5.69 Å². The van der Waals surface area contributed by atoms with E-state index in [2.05, 4.69) is 0 Å². The molecule has 0 unspecified atom stereocenters. The van der Waals surface area contributed by atoms with E-state index in [1.807, 2.05) is 48.5 Å². The third-order valence-electron chi connectivity index (χ3n) is 4.78. The number of para-hydroxylation sites is 1. The predicted molar refractivity (Wildman–Crippen MR) is 96.1 cm³/mol. The Kier molecular flexibility index (Phi) is 3.77. The van der Waals surface area contributed by atoms with E-state index in [0.717, 1.165) is 16.7 Å². The normalized spacial score (nSPS) is 18.2. The summed E-state index contributed by atoms with van der Waals surface area (Å²) in [5.74, 6) is 0.228. The first-order valence-electron chi connectivity index (χ1n) is 8.22. The monoisotopic (exact) mass is 345 g/mol. The van der Waals surface area contributed by atoms with Crippen molar-refractivity contribution in [3.8, 4) is 5.75 Å². The van der Waals surface area contributed by atoms with Crippen LogP contribution in [-0.2, 0) is 16.6 Å². The fourth-order valence-corrected chi connectivity index (χ4v) is 3.51. The number of hydrogen-bond acceptors (Lipinski definition) is 4. The molecule has 1 atom stereocenters. The molecular weight excluding hydrogens is 330 g/mol. The standard InChI is InChI=1S/C21H15NO4/c23-20-21(16-6-2-1-3-7-16,18-8-4-5-9-19(18)26-20)14-15-10-12-17(13-11-15)22(24)25/h1-13H,14H2/t21-/m1/s1. The topological polar surface area (TPSA) is 69.4 Å². The minimum Gasteiger partial charge on any atom is -0.425 e. The van der Waals surface area contributed by atoms with Gasteiger partial charge in [0.15, 0.2) is 0 Å². The summed E-state index contributed by atoms with van der Waals surface area (Å²) >= 11 is 0. The van der Waals surface area contributed by atoms with Gasteiger partial charge in [-0.2, -0.15) is 0 Å². The lowest BCUT2D eigenvalue weighted by atomic mass is 9.71. The highest BCUT2D eigenvalue weighted by molar-refractivity contribution is 5.94. The maximum Gasteiger partial charge on any atom is 0.326 e. The number of carbonyl (C=O) groups excluding carboxylic acids is 1. The molecule has 0 amide bonds. The Bertz CT molecular complexity index is 982. The number of nitro groups is 1. The van der Waals surface area contributed by atoms with Gasteiger partial charge in [-0.1, -0.05) is 60.7 Å². The van der Waals surface area contributed by atoms with Gasteiger partial charge in [-0.25, -0.2) is 0 Å². The van der Waals surface area contributed by atoms with Crippen molar-refractivity contribution in [1.82, 2.24) is 0 Å². The Morgan fingerprint density at radius 3 is 2.23 bits per heavy atom. The smallest absolute Gasteiger partial charge is 0.326 e. The van der Waals surface area contributed by atoms with Crippen LogP contribution in [0.4, 0.5) is 5.69 Å². The van der Waals surface area contributed by atoms with E-state index in [4.69, 9.17) is 4.74 Å². The quantitative estimate of drug-likeness (QED) is 0.310. The van der Waals surface area contributed by atoms with E-state index in [-0.39, 0.29) is 11.7 Å². The highest BCUT2D eigenvalue weighted by Crippen LogP contribution is 2.46. The maximum atomic E-state index is 13.0. The van der Waals surface area contributed by atoms with Crippen LogP contribution in [0.5, 0.6) is 5.75 Å². The number of benzene rings is 3. The Morgan fingerprint density at radius 2 is 1.54 bits per heavy atom. The molecule has 0 saturated carbocycles. The van der Waals surface area contributed by atoms with Gasteiger partial charge in [0, 0.05) is 17.7 Å². The van der Waals surface area contributed by atoms with E-state index in [1.165, 1.54) is 12.1 Å². The summed E-state index contributed by atoms with van der Waals surface area (Å²) in [6, 6.07) is 23.2. The first-order chi connectivity index (χ1) is 12.6. The Hall–Kier alpha value is -3.47. The second-order valence-corrected chi connectivity index (χ2v) is 6.26. The maximum absolute atomic E-state index is 13.0. The Morgan fingerprint density at radius 1 is 0.885 bits per heavy atom. The number of rotatable bonds is 4. The zero-order valence-corrected chi connectivity index (χ0v) is 13.8. The number of nitrogens with zero attached hydrogens (tertiary/aromatic N) is 1. The second kappa shape index (κ2) is 6.11. The van der Waals surface area contributed by atoms with Gasteiger partial charge in [0.05, 0.1) is 4.92 Å². The summed E-state index contributed by atoms with van der Waals surface area (Å²) in [5, 5.41) is 10.9. The SMILES string of the molecule is O=C1Oc2ccccc2[C@@]1(Cc1ccc([N+](=O)[O-])cc1)c1ccccc1. The molecule has 3 aromatic rings. The number of ether oxygens (including phenoxy) is 1. The van der Waals surface area contributed by atoms with Crippen LogP contribution in [-0.4, -0.2) is 10.9 Å². The van der Waals surface area contributed by atoms with Crippen LogP contribution in [0.25, 0.3) is 0 Å². The average molecular weight is 345 g/mol. The summed E-state index contributed by atoms with van der Waals surface area (Å²) in [7, 11) is 0. The van der Waals surface area contributed by atoms with Crippen molar-refractivity contribution in [2.75, 3.05) is 0 Å². The van der Waals surface area contributed by atoms with Crippen LogP contribution in [0, 0.1) is 10.1 Å². The molecule has 0 saturated heterocycles. The van der Waals surface area contributed by atoms with Gasteiger partial charge in [-0.15, -0.1) is 0 Å². The number of esters is 1. The molecule has 0 radical (unpaired) electrons. The number of nitro benzene ring substituents is 1. The predicted octanol–water partition coefficient (Wildman–Crippen LogP) is 4.04. The molecule has 3 aromatic carbocycles. The summed E-state index contributed by atoms with van der Waals surface area (Å²) in [6.45, 7) is 0. The molecule has 0 N–H and O–H groups in total. The minimum atomic E-state index is -0.964. The van der Waals surface area contributed by atoms with Crippen molar-refractivity contribution >= 4 is 11.7 Å². The third kappa shape index (κ3) is 2.45. The summed E-state index contributed by atoms with van der Waals surface area (Å²) in [4.78, 5) is 23.5. The van der Waals surface area contributed by atoms with Crippen LogP contribution < -0.4 is 4.74 Å².